The summed E-state index contributed by atoms with van der Waals surface area (Å²) >= 11 is 0. The molecule has 3 atom stereocenters. The minimum atomic E-state index is -1.01. The zero-order valence-electron chi connectivity index (χ0n) is 10.2. The number of nitrogens with two attached hydrogens (primary N) is 1. The fourth-order valence-electron chi connectivity index (χ4n) is 2.81. The van der Waals surface area contributed by atoms with Crippen molar-refractivity contribution in [2.24, 2.45) is 0 Å². The van der Waals surface area contributed by atoms with Crippen molar-refractivity contribution in [3.8, 4) is 0 Å². The molecule has 2 saturated heterocycles. The normalized spacial score (nSPS) is 28.6. The molecule has 1 aromatic carbocycles. The Labute approximate surface area is 108 Å². The Hall–Kier alpha value is -1.69. The smallest absolute Gasteiger partial charge is 0.257 e. The van der Waals surface area contributed by atoms with E-state index in [-0.39, 0.29) is 23.9 Å². The number of amides is 1. The van der Waals surface area contributed by atoms with Crippen LogP contribution in [-0.2, 0) is 4.74 Å². The molecule has 1 aromatic rings. The van der Waals surface area contributed by atoms with E-state index in [0.717, 1.165) is 25.0 Å². The van der Waals surface area contributed by atoms with E-state index in [0.29, 0.717) is 6.42 Å². The van der Waals surface area contributed by atoms with Gasteiger partial charge in [0.05, 0.1) is 23.9 Å². The van der Waals surface area contributed by atoms with E-state index >= 15 is 0 Å². The lowest BCUT2D eigenvalue weighted by molar-refractivity contribution is 0.0835. The van der Waals surface area contributed by atoms with Crippen LogP contribution in [0, 0.1) is 11.6 Å². The predicted octanol–water partition coefficient (Wildman–Crippen LogP) is 1.60. The van der Waals surface area contributed by atoms with Crippen LogP contribution in [0.1, 0.15) is 29.6 Å². The molecule has 2 bridgehead atoms. The first kappa shape index (κ1) is 12.3. The summed E-state index contributed by atoms with van der Waals surface area (Å²) in [6, 6.07) is 1.92. The molecule has 0 saturated carbocycles. The Kier molecular flexibility index (Phi) is 2.89. The molecule has 2 aliphatic rings. The number of nitrogens with one attached hydrogen (secondary N) is 1. The Morgan fingerprint density at radius 3 is 2.79 bits per heavy atom. The van der Waals surface area contributed by atoms with Gasteiger partial charge >= 0.3 is 0 Å². The molecule has 0 spiro atoms. The van der Waals surface area contributed by atoms with Gasteiger partial charge in [0.25, 0.3) is 5.91 Å². The number of carbonyl (C=O) groups is 1. The largest absolute Gasteiger partial charge is 0.396 e. The number of ether oxygens (including phenoxy) is 1. The second kappa shape index (κ2) is 4.45. The predicted molar refractivity (Wildman–Crippen MR) is 64.5 cm³/mol. The van der Waals surface area contributed by atoms with Gasteiger partial charge < -0.3 is 15.8 Å². The lowest BCUT2D eigenvalue weighted by Gasteiger charge is -2.20. The number of halogens is 2. The van der Waals surface area contributed by atoms with Gasteiger partial charge in [-0.1, -0.05) is 0 Å². The minimum Gasteiger partial charge on any atom is -0.396 e. The summed E-state index contributed by atoms with van der Waals surface area (Å²) in [6.07, 6.45) is 2.67. The molecule has 2 heterocycles. The van der Waals surface area contributed by atoms with Crippen molar-refractivity contribution in [3.05, 3.63) is 29.3 Å². The molecule has 3 rings (SSSR count). The lowest BCUT2D eigenvalue weighted by Crippen LogP contribution is -2.42. The Morgan fingerprint density at radius 2 is 2.16 bits per heavy atom. The SMILES string of the molecule is Nc1ccc(F)c(C(=O)NC2CC3CCC2O3)c1F. The van der Waals surface area contributed by atoms with Crippen molar-refractivity contribution < 1.29 is 18.3 Å². The molecule has 3 N–H and O–H groups in total. The van der Waals surface area contributed by atoms with E-state index < -0.39 is 23.1 Å². The standard InChI is InChI=1S/C13H14F2N2O2/c14-7-2-3-8(16)12(15)11(7)13(18)17-9-5-6-1-4-10(9)19-6/h2-3,6,9-10H,1,4-5,16H2,(H,17,18). The first-order valence-electron chi connectivity index (χ1n) is 6.26. The van der Waals surface area contributed by atoms with E-state index in [1.165, 1.54) is 0 Å². The van der Waals surface area contributed by atoms with Crippen molar-refractivity contribution >= 4 is 11.6 Å². The first-order valence-corrected chi connectivity index (χ1v) is 6.26. The van der Waals surface area contributed by atoms with Crippen LogP contribution in [0.4, 0.5) is 14.5 Å². The van der Waals surface area contributed by atoms with Gasteiger partial charge in [-0.15, -0.1) is 0 Å². The maximum atomic E-state index is 13.7. The molecule has 4 nitrogen and oxygen atoms in total. The number of anilines is 1. The Morgan fingerprint density at radius 1 is 1.37 bits per heavy atom. The lowest BCUT2D eigenvalue weighted by atomic mass is 9.95. The highest BCUT2D eigenvalue weighted by Crippen LogP contribution is 2.34. The van der Waals surface area contributed by atoms with Gasteiger partial charge in [0.2, 0.25) is 0 Å². The average Bonchev–Trinajstić information content (AvgIpc) is 2.96. The maximum Gasteiger partial charge on any atom is 0.257 e. The van der Waals surface area contributed by atoms with E-state index in [4.69, 9.17) is 10.5 Å². The van der Waals surface area contributed by atoms with Crippen LogP contribution in [-0.4, -0.2) is 24.2 Å². The highest BCUT2D eigenvalue weighted by Gasteiger charge is 2.41. The number of benzene rings is 1. The second-order valence-electron chi connectivity index (χ2n) is 5.02. The molecule has 3 unspecified atom stereocenters. The molecule has 2 aliphatic heterocycles. The summed E-state index contributed by atoms with van der Waals surface area (Å²) in [4.78, 5) is 12.0. The molecular formula is C13H14F2N2O2. The summed E-state index contributed by atoms with van der Waals surface area (Å²) in [6.45, 7) is 0. The van der Waals surface area contributed by atoms with Crippen LogP contribution in [0.3, 0.4) is 0 Å². The van der Waals surface area contributed by atoms with Gasteiger partial charge in [0.1, 0.15) is 11.4 Å². The third-order valence-corrected chi connectivity index (χ3v) is 3.77. The van der Waals surface area contributed by atoms with Crippen LogP contribution in [0.15, 0.2) is 12.1 Å². The maximum absolute atomic E-state index is 13.7. The van der Waals surface area contributed by atoms with E-state index in [1.54, 1.807) is 0 Å². The average molecular weight is 268 g/mol. The van der Waals surface area contributed by atoms with Gasteiger partial charge in [-0.25, -0.2) is 8.78 Å². The number of hydrogen-bond acceptors (Lipinski definition) is 3. The molecule has 1 amide bonds. The quantitative estimate of drug-likeness (QED) is 0.801. The molecule has 0 aromatic heterocycles. The Bertz CT molecular complexity index is 536. The summed E-state index contributed by atoms with van der Waals surface area (Å²) in [5.74, 6) is -2.70. The highest BCUT2D eigenvalue weighted by molar-refractivity contribution is 5.96. The zero-order chi connectivity index (χ0) is 13.6. The molecule has 19 heavy (non-hydrogen) atoms. The van der Waals surface area contributed by atoms with Crippen molar-refractivity contribution in [1.82, 2.24) is 5.32 Å². The summed E-state index contributed by atoms with van der Waals surface area (Å²) < 4.78 is 32.9. The zero-order valence-corrected chi connectivity index (χ0v) is 10.2. The highest BCUT2D eigenvalue weighted by atomic mass is 19.1. The van der Waals surface area contributed by atoms with E-state index in [9.17, 15) is 13.6 Å². The van der Waals surface area contributed by atoms with Crippen LogP contribution < -0.4 is 11.1 Å². The number of rotatable bonds is 2. The number of carbonyl (C=O) groups excluding carboxylic acids is 1. The number of hydrogen-bond donors (Lipinski definition) is 2. The summed E-state index contributed by atoms with van der Waals surface area (Å²) in [5.41, 5.74) is 4.49. The third-order valence-electron chi connectivity index (χ3n) is 3.77. The molecular weight excluding hydrogens is 254 g/mol. The molecule has 0 radical (unpaired) electrons. The first-order chi connectivity index (χ1) is 9.06. The number of nitrogen functional groups attached to an aromatic ring is 1. The third kappa shape index (κ3) is 2.06. The van der Waals surface area contributed by atoms with Gasteiger partial charge in [0, 0.05) is 0 Å². The fourth-order valence-corrected chi connectivity index (χ4v) is 2.81. The van der Waals surface area contributed by atoms with Gasteiger partial charge in [-0.2, -0.15) is 0 Å². The summed E-state index contributed by atoms with van der Waals surface area (Å²) in [7, 11) is 0. The van der Waals surface area contributed by atoms with E-state index in [2.05, 4.69) is 5.32 Å². The van der Waals surface area contributed by atoms with Gasteiger partial charge in [0.15, 0.2) is 5.82 Å². The van der Waals surface area contributed by atoms with Crippen molar-refractivity contribution in [3.63, 3.8) is 0 Å². The van der Waals surface area contributed by atoms with Crippen molar-refractivity contribution in [2.45, 2.75) is 37.5 Å². The molecule has 6 heteroatoms. The molecule has 0 aliphatic carbocycles. The van der Waals surface area contributed by atoms with Crippen LogP contribution in [0.2, 0.25) is 0 Å². The monoisotopic (exact) mass is 268 g/mol. The van der Waals surface area contributed by atoms with Crippen LogP contribution >= 0.6 is 0 Å². The number of fused-ring (bicyclic) bond motifs is 2. The van der Waals surface area contributed by atoms with Crippen molar-refractivity contribution in [1.29, 1.82) is 0 Å². The van der Waals surface area contributed by atoms with Gasteiger partial charge in [-0.3, -0.25) is 4.79 Å². The van der Waals surface area contributed by atoms with E-state index in [1.807, 2.05) is 0 Å². The Balaban J connectivity index is 1.79. The van der Waals surface area contributed by atoms with Crippen LogP contribution in [0.5, 0.6) is 0 Å². The summed E-state index contributed by atoms with van der Waals surface area (Å²) in [5, 5.41) is 2.64. The van der Waals surface area contributed by atoms with Crippen LogP contribution in [0.25, 0.3) is 0 Å². The topological polar surface area (TPSA) is 64.4 Å². The minimum absolute atomic E-state index is 0.0406. The molecule has 102 valence electrons. The van der Waals surface area contributed by atoms with Crippen molar-refractivity contribution in [2.75, 3.05) is 5.73 Å². The molecule has 2 fully saturated rings. The van der Waals surface area contributed by atoms with Gasteiger partial charge in [-0.05, 0) is 31.4 Å². The fraction of sp³-hybridized carbons (Fsp3) is 0.462. The second-order valence-corrected chi connectivity index (χ2v) is 5.02.